The predicted octanol–water partition coefficient (Wildman–Crippen LogP) is 1.55. The summed E-state index contributed by atoms with van der Waals surface area (Å²) in [4.78, 5) is 2.00. The lowest BCUT2D eigenvalue weighted by molar-refractivity contribution is 0.282. The monoisotopic (exact) mass is 165 g/mol. The second kappa shape index (κ2) is 3.59. The molecule has 0 aliphatic carbocycles. The van der Waals surface area contributed by atoms with Crippen molar-refractivity contribution in [3.63, 3.8) is 0 Å². The van der Waals surface area contributed by atoms with Gasteiger partial charge in [0.2, 0.25) is 0 Å². The number of hydrogen-bond donors (Lipinski definition) is 1. The first-order valence-corrected chi connectivity index (χ1v) is 4.03. The Morgan fingerprint density at radius 1 is 1.33 bits per heavy atom. The summed E-state index contributed by atoms with van der Waals surface area (Å²) in [6.07, 6.45) is 0. The molecule has 0 aliphatic rings. The van der Waals surface area contributed by atoms with Gasteiger partial charge >= 0.3 is 0 Å². The van der Waals surface area contributed by atoms with Gasteiger partial charge in [-0.2, -0.15) is 0 Å². The van der Waals surface area contributed by atoms with Crippen LogP contribution in [0, 0.1) is 6.92 Å². The molecular weight excluding hydrogens is 150 g/mol. The highest BCUT2D eigenvalue weighted by molar-refractivity contribution is 5.53. The van der Waals surface area contributed by atoms with Crippen LogP contribution in [0.15, 0.2) is 18.2 Å². The van der Waals surface area contributed by atoms with Crippen LogP contribution in [0.3, 0.4) is 0 Å². The van der Waals surface area contributed by atoms with Gasteiger partial charge in [-0.25, -0.2) is 0 Å². The van der Waals surface area contributed by atoms with Gasteiger partial charge in [0.15, 0.2) is 0 Å². The van der Waals surface area contributed by atoms with Crippen LogP contribution in [-0.4, -0.2) is 19.2 Å². The molecule has 0 fully saturated rings. The van der Waals surface area contributed by atoms with E-state index >= 15 is 0 Å². The van der Waals surface area contributed by atoms with Crippen molar-refractivity contribution in [1.82, 2.24) is 0 Å². The Kier molecular flexibility index (Phi) is 2.71. The zero-order valence-corrected chi connectivity index (χ0v) is 7.83. The Balaban J connectivity index is 3.11. The minimum absolute atomic E-state index is 0.106. The van der Waals surface area contributed by atoms with E-state index < -0.39 is 0 Å². The summed E-state index contributed by atoms with van der Waals surface area (Å²) in [5.41, 5.74) is 3.26. The van der Waals surface area contributed by atoms with Crippen molar-refractivity contribution in [2.45, 2.75) is 13.5 Å². The Bertz CT molecular complexity index is 269. The molecule has 0 saturated carbocycles. The maximum absolute atomic E-state index is 9.07. The summed E-state index contributed by atoms with van der Waals surface area (Å²) < 4.78 is 0. The third kappa shape index (κ3) is 1.77. The van der Waals surface area contributed by atoms with E-state index in [4.69, 9.17) is 5.11 Å². The minimum atomic E-state index is 0.106. The molecule has 1 aromatic rings. The average molecular weight is 165 g/mol. The minimum Gasteiger partial charge on any atom is -0.392 e. The third-order valence-electron chi connectivity index (χ3n) is 1.89. The van der Waals surface area contributed by atoms with Gasteiger partial charge in [-0.15, -0.1) is 0 Å². The van der Waals surface area contributed by atoms with E-state index in [1.165, 1.54) is 5.56 Å². The fourth-order valence-electron chi connectivity index (χ4n) is 1.28. The van der Waals surface area contributed by atoms with E-state index in [-0.39, 0.29) is 6.61 Å². The van der Waals surface area contributed by atoms with E-state index in [2.05, 4.69) is 6.07 Å². The molecule has 0 atom stereocenters. The molecule has 0 heterocycles. The molecule has 0 aliphatic heterocycles. The largest absolute Gasteiger partial charge is 0.392 e. The number of nitrogens with zero attached hydrogens (tertiary/aromatic N) is 1. The van der Waals surface area contributed by atoms with Crippen LogP contribution in [0.25, 0.3) is 0 Å². The molecule has 0 unspecified atom stereocenters. The van der Waals surface area contributed by atoms with Gasteiger partial charge in [-0.3, -0.25) is 0 Å². The van der Waals surface area contributed by atoms with Crippen molar-refractivity contribution in [2.24, 2.45) is 0 Å². The zero-order chi connectivity index (χ0) is 9.14. The maximum Gasteiger partial charge on any atom is 0.0702 e. The summed E-state index contributed by atoms with van der Waals surface area (Å²) in [7, 11) is 3.95. The molecule has 1 N–H and O–H groups in total. The Hall–Kier alpha value is -1.02. The number of benzene rings is 1. The van der Waals surface area contributed by atoms with Crippen LogP contribution in [0.2, 0.25) is 0 Å². The topological polar surface area (TPSA) is 23.5 Å². The fourth-order valence-corrected chi connectivity index (χ4v) is 1.28. The van der Waals surface area contributed by atoms with E-state index in [0.29, 0.717) is 0 Å². The van der Waals surface area contributed by atoms with Crippen molar-refractivity contribution in [3.8, 4) is 0 Å². The molecule has 2 heteroatoms. The number of aliphatic hydroxyl groups excluding tert-OH is 1. The highest BCUT2D eigenvalue weighted by atomic mass is 16.3. The molecule has 0 amide bonds. The van der Waals surface area contributed by atoms with Crippen molar-refractivity contribution in [3.05, 3.63) is 29.3 Å². The van der Waals surface area contributed by atoms with Gasteiger partial charge < -0.3 is 10.0 Å². The second-order valence-corrected chi connectivity index (χ2v) is 3.18. The van der Waals surface area contributed by atoms with Gasteiger partial charge in [0.1, 0.15) is 0 Å². The number of aryl methyl sites for hydroxylation is 1. The molecule has 0 radical (unpaired) electrons. The Morgan fingerprint density at radius 2 is 2.00 bits per heavy atom. The standard InChI is InChI=1S/C10H15NO/c1-8-4-5-10(11(2)3)9(6-8)7-12/h4-6,12H,7H2,1-3H3. The van der Waals surface area contributed by atoms with Crippen LogP contribution < -0.4 is 4.90 Å². The first-order chi connectivity index (χ1) is 5.65. The summed E-state index contributed by atoms with van der Waals surface area (Å²) in [5, 5.41) is 9.07. The molecule has 1 aromatic carbocycles. The van der Waals surface area contributed by atoms with Crippen molar-refractivity contribution < 1.29 is 5.11 Å². The highest BCUT2D eigenvalue weighted by Gasteiger charge is 2.02. The van der Waals surface area contributed by atoms with E-state index in [9.17, 15) is 0 Å². The molecule has 12 heavy (non-hydrogen) atoms. The van der Waals surface area contributed by atoms with E-state index in [0.717, 1.165) is 11.3 Å². The summed E-state index contributed by atoms with van der Waals surface area (Å²) in [6.45, 7) is 2.13. The van der Waals surface area contributed by atoms with Crippen LogP contribution in [0.4, 0.5) is 5.69 Å². The number of aliphatic hydroxyl groups is 1. The predicted molar refractivity (Wildman–Crippen MR) is 51.4 cm³/mol. The maximum atomic E-state index is 9.07. The van der Waals surface area contributed by atoms with Gasteiger partial charge in [0.25, 0.3) is 0 Å². The first kappa shape index (κ1) is 9.07. The molecule has 0 bridgehead atoms. The van der Waals surface area contributed by atoms with Crippen LogP contribution in [-0.2, 0) is 6.61 Å². The molecule has 2 nitrogen and oxygen atoms in total. The van der Waals surface area contributed by atoms with Crippen molar-refractivity contribution >= 4 is 5.69 Å². The van der Waals surface area contributed by atoms with Gasteiger partial charge in [0.05, 0.1) is 6.61 Å². The third-order valence-corrected chi connectivity index (χ3v) is 1.89. The molecule has 66 valence electrons. The van der Waals surface area contributed by atoms with Crippen LogP contribution in [0.5, 0.6) is 0 Å². The van der Waals surface area contributed by atoms with Crippen molar-refractivity contribution in [1.29, 1.82) is 0 Å². The van der Waals surface area contributed by atoms with Gasteiger partial charge in [-0.05, 0) is 13.0 Å². The summed E-state index contributed by atoms with van der Waals surface area (Å²) >= 11 is 0. The lowest BCUT2D eigenvalue weighted by atomic mass is 10.1. The number of hydrogen-bond acceptors (Lipinski definition) is 2. The molecule has 0 spiro atoms. The Labute approximate surface area is 73.4 Å². The SMILES string of the molecule is Cc1ccc(N(C)C)c(CO)c1. The highest BCUT2D eigenvalue weighted by Crippen LogP contribution is 2.19. The first-order valence-electron chi connectivity index (χ1n) is 4.03. The fraction of sp³-hybridized carbons (Fsp3) is 0.400. The quantitative estimate of drug-likeness (QED) is 0.718. The van der Waals surface area contributed by atoms with E-state index in [1.807, 2.05) is 38.1 Å². The number of anilines is 1. The van der Waals surface area contributed by atoms with Crippen molar-refractivity contribution in [2.75, 3.05) is 19.0 Å². The second-order valence-electron chi connectivity index (χ2n) is 3.18. The normalized spacial score (nSPS) is 10.0. The van der Waals surface area contributed by atoms with E-state index in [1.54, 1.807) is 0 Å². The van der Waals surface area contributed by atoms with Gasteiger partial charge in [-0.1, -0.05) is 17.7 Å². The average Bonchev–Trinajstić information content (AvgIpc) is 2.03. The molecular formula is C10H15NO. The lowest BCUT2D eigenvalue weighted by Crippen LogP contribution is -2.11. The smallest absolute Gasteiger partial charge is 0.0702 e. The Morgan fingerprint density at radius 3 is 2.50 bits per heavy atom. The molecule has 0 saturated heterocycles. The van der Waals surface area contributed by atoms with Crippen LogP contribution >= 0.6 is 0 Å². The summed E-state index contributed by atoms with van der Waals surface area (Å²) in [6, 6.07) is 6.09. The number of rotatable bonds is 2. The van der Waals surface area contributed by atoms with Crippen LogP contribution in [0.1, 0.15) is 11.1 Å². The summed E-state index contributed by atoms with van der Waals surface area (Å²) in [5.74, 6) is 0. The van der Waals surface area contributed by atoms with Gasteiger partial charge in [0, 0.05) is 25.3 Å². The zero-order valence-electron chi connectivity index (χ0n) is 7.83. The molecule has 1 rings (SSSR count). The lowest BCUT2D eigenvalue weighted by Gasteiger charge is -2.16. The molecule has 0 aromatic heterocycles.